The Kier molecular flexibility index (Phi) is 4.95. The Balaban J connectivity index is 2.43. The van der Waals surface area contributed by atoms with Crippen molar-refractivity contribution in [3.05, 3.63) is 0 Å². The Bertz CT molecular complexity index is 306. The molecule has 0 spiro atoms. The first kappa shape index (κ1) is 14.8. The number of alkyl carbamates (subject to hydrolysis) is 1. The van der Waals surface area contributed by atoms with Gasteiger partial charge in [-0.2, -0.15) is 0 Å². The van der Waals surface area contributed by atoms with Crippen molar-refractivity contribution in [2.45, 2.75) is 51.9 Å². The van der Waals surface area contributed by atoms with Crippen LogP contribution in [0.4, 0.5) is 4.79 Å². The number of hydrogen-bond acceptors (Lipinski definition) is 5. The van der Waals surface area contributed by atoms with Gasteiger partial charge in [-0.05, 0) is 27.7 Å². The van der Waals surface area contributed by atoms with Crippen LogP contribution >= 0.6 is 0 Å². The van der Waals surface area contributed by atoms with Crippen LogP contribution in [0.3, 0.4) is 0 Å². The van der Waals surface area contributed by atoms with Gasteiger partial charge >= 0.3 is 12.1 Å². The zero-order valence-electron chi connectivity index (χ0n) is 11.3. The molecular formula is C12H21NO5. The van der Waals surface area contributed by atoms with Gasteiger partial charge in [-0.15, -0.1) is 0 Å². The van der Waals surface area contributed by atoms with Crippen LogP contribution in [0.2, 0.25) is 0 Å². The number of carbonyl (C=O) groups excluding carboxylic acids is 2. The summed E-state index contributed by atoms with van der Waals surface area (Å²) in [6.07, 6.45) is -0.577. The Morgan fingerprint density at radius 2 is 2.06 bits per heavy atom. The van der Waals surface area contributed by atoms with Crippen molar-refractivity contribution in [3.8, 4) is 0 Å². The normalized spacial score (nSPS) is 19.9. The van der Waals surface area contributed by atoms with Gasteiger partial charge in [-0.25, -0.2) is 4.79 Å². The van der Waals surface area contributed by atoms with Crippen LogP contribution in [-0.4, -0.2) is 43.0 Å². The highest BCUT2D eigenvalue weighted by Gasteiger charge is 2.36. The molecule has 0 aliphatic carbocycles. The SMILES string of the molecule is CCOC(=O)C[C@H](NC(=O)OC(C)(C)C)[C@H]1CO1. The number of hydrogen-bond donors (Lipinski definition) is 1. The second kappa shape index (κ2) is 6.04. The fourth-order valence-electron chi connectivity index (χ4n) is 1.42. The molecule has 1 fully saturated rings. The minimum atomic E-state index is -0.566. The second-order valence-corrected chi connectivity index (χ2v) is 5.13. The molecule has 0 aromatic heterocycles. The maximum Gasteiger partial charge on any atom is 0.407 e. The molecule has 1 aliphatic heterocycles. The standard InChI is InChI=1S/C12H21NO5/c1-5-16-10(14)6-8(9-7-17-9)13-11(15)18-12(2,3)4/h8-9H,5-7H2,1-4H3,(H,13,15)/t8-,9+/m0/s1. The van der Waals surface area contributed by atoms with Gasteiger partial charge in [-0.3, -0.25) is 4.79 Å². The molecule has 1 N–H and O–H groups in total. The summed E-state index contributed by atoms with van der Waals surface area (Å²) >= 11 is 0. The minimum Gasteiger partial charge on any atom is -0.466 e. The van der Waals surface area contributed by atoms with Crippen LogP contribution in [0.15, 0.2) is 0 Å². The number of ether oxygens (including phenoxy) is 3. The Morgan fingerprint density at radius 1 is 1.44 bits per heavy atom. The lowest BCUT2D eigenvalue weighted by molar-refractivity contribution is -0.143. The first-order chi connectivity index (χ1) is 8.31. The van der Waals surface area contributed by atoms with E-state index in [4.69, 9.17) is 14.2 Å². The molecule has 18 heavy (non-hydrogen) atoms. The van der Waals surface area contributed by atoms with Crippen molar-refractivity contribution in [2.24, 2.45) is 0 Å². The molecule has 1 rings (SSSR count). The Labute approximate surface area is 107 Å². The molecular weight excluding hydrogens is 238 g/mol. The Hall–Kier alpha value is -1.30. The molecule has 0 radical (unpaired) electrons. The van der Waals surface area contributed by atoms with Gasteiger partial charge in [0.25, 0.3) is 0 Å². The molecule has 104 valence electrons. The monoisotopic (exact) mass is 259 g/mol. The molecule has 1 aliphatic rings. The third-order valence-electron chi connectivity index (χ3n) is 2.20. The van der Waals surface area contributed by atoms with E-state index >= 15 is 0 Å². The number of epoxide rings is 1. The van der Waals surface area contributed by atoms with E-state index in [2.05, 4.69) is 5.32 Å². The smallest absolute Gasteiger partial charge is 0.407 e. The summed E-state index contributed by atoms with van der Waals surface area (Å²) in [5.74, 6) is -0.353. The predicted molar refractivity (Wildman–Crippen MR) is 64.1 cm³/mol. The van der Waals surface area contributed by atoms with Crippen molar-refractivity contribution >= 4 is 12.1 Å². The first-order valence-electron chi connectivity index (χ1n) is 6.08. The van der Waals surface area contributed by atoms with Crippen LogP contribution in [0.1, 0.15) is 34.1 Å². The molecule has 1 saturated heterocycles. The summed E-state index contributed by atoms with van der Waals surface area (Å²) in [5, 5.41) is 2.64. The summed E-state index contributed by atoms with van der Waals surface area (Å²) in [6, 6.07) is -0.390. The van der Waals surface area contributed by atoms with Crippen molar-refractivity contribution in [1.29, 1.82) is 0 Å². The zero-order valence-corrected chi connectivity index (χ0v) is 11.3. The van der Waals surface area contributed by atoms with E-state index in [1.807, 2.05) is 0 Å². The number of amides is 1. The summed E-state index contributed by atoms with van der Waals surface area (Å²) < 4.78 is 15.1. The maximum atomic E-state index is 11.6. The van der Waals surface area contributed by atoms with E-state index in [0.717, 1.165) is 0 Å². The summed E-state index contributed by atoms with van der Waals surface area (Å²) in [4.78, 5) is 23.0. The third kappa shape index (κ3) is 5.86. The third-order valence-corrected chi connectivity index (χ3v) is 2.20. The topological polar surface area (TPSA) is 77.2 Å². The minimum absolute atomic E-state index is 0.0950. The molecule has 0 aromatic rings. The van der Waals surface area contributed by atoms with Crippen molar-refractivity contribution < 1.29 is 23.8 Å². The van der Waals surface area contributed by atoms with Crippen molar-refractivity contribution in [2.75, 3.05) is 13.2 Å². The zero-order chi connectivity index (χ0) is 13.8. The van der Waals surface area contributed by atoms with Crippen LogP contribution in [0, 0.1) is 0 Å². The van der Waals surface area contributed by atoms with Gasteiger partial charge in [0.05, 0.1) is 25.7 Å². The highest BCUT2D eigenvalue weighted by Crippen LogP contribution is 2.18. The van der Waals surface area contributed by atoms with Crippen LogP contribution in [0.25, 0.3) is 0 Å². The van der Waals surface area contributed by atoms with E-state index in [9.17, 15) is 9.59 Å². The van der Waals surface area contributed by atoms with E-state index < -0.39 is 11.7 Å². The molecule has 0 bridgehead atoms. The molecule has 1 heterocycles. The lowest BCUT2D eigenvalue weighted by atomic mass is 10.1. The summed E-state index contributed by atoms with van der Waals surface area (Å²) in [5.41, 5.74) is -0.566. The lowest BCUT2D eigenvalue weighted by Crippen LogP contribution is -2.43. The maximum absolute atomic E-state index is 11.6. The van der Waals surface area contributed by atoms with Gasteiger partial charge in [0.1, 0.15) is 11.7 Å². The largest absolute Gasteiger partial charge is 0.466 e. The lowest BCUT2D eigenvalue weighted by Gasteiger charge is -2.22. The van der Waals surface area contributed by atoms with Crippen LogP contribution in [-0.2, 0) is 19.0 Å². The highest BCUT2D eigenvalue weighted by atomic mass is 16.6. The van der Waals surface area contributed by atoms with Crippen LogP contribution in [0.5, 0.6) is 0 Å². The average molecular weight is 259 g/mol. The second-order valence-electron chi connectivity index (χ2n) is 5.13. The van der Waals surface area contributed by atoms with Crippen molar-refractivity contribution in [1.82, 2.24) is 5.32 Å². The number of rotatable bonds is 5. The van der Waals surface area contributed by atoms with Gasteiger partial charge in [0.15, 0.2) is 0 Å². The van der Waals surface area contributed by atoms with Crippen LogP contribution < -0.4 is 5.32 Å². The van der Waals surface area contributed by atoms with E-state index in [1.165, 1.54) is 0 Å². The first-order valence-corrected chi connectivity index (χ1v) is 6.08. The molecule has 6 heteroatoms. The van der Waals surface area contributed by atoms with E-state index in [1.54, 1.807) is 27.7 Å². The average Bonchev–Trinajstić information content (AvgIpc) is 2.96. The van der Waals surface area contributed by atoms with Crippen molar-refractivity contribution in [3.63, 3.8) is 0 Å². The van der Waals surface area contributed by atoms with Gasteiger partial charge in [-0.1, -0.05) is 0 Å². The van der Waals surface area contributed by atoms with E-state index in [0.29, 0.717) is 13.2 Å². The number of nitrogens with one attached hydrogen (secondary N) is 1. The molecule has 0 aromatic carbocycles. The fraction of sp³-hybridized carbons (Fsp3) is 0.833. The molecule has 2 atom stereocenters. The molecule has 1 amide bonds. The number of esters is 1. The molecule has 0 unspecified atom stereocenters. The Morgan fingerprint density at radius 3 is 2.50 bits per heavy atom. The fourth-order valence-corrected chi connectivity index (χ4v) is 1.42. The van der Waals surface area contributed by atoms with Gasteiger partial charge in [0.2, 0.25) is 0 Å². The van der Waals surface area contributed by atoms with E-state index in [-0.39, 0.29) is 24.5 Å². The summed E-state index contributed by atoms with van der Waals surface area (Å²) in [7, 11) is 0. The number of carbonyl (C=O) groups is 2. The highest BCUT2D eigenvalue weighted by molar-refractivity contribution is 5.73. The van der Waals surface area contributed by atoms with Gasteiger partial charge in [0, 0.05) is 0 Å². The predicted octanol–water partition coefficient (Wildman–Crippen LogP) is 1.23. The quantitative estimate of drug-likeness (QED) is 0.593. The molecule has 0 saturated carbocycles. The van der Waals surface area contributed by atoms with Gasteiger partial charge < -0.3 is 19.5 Å². The summed E-state index contributed by atoms with van der Waals surface area (Å²) in [6.45, 7) is 7.94. The molecule has 6 nitrogen and oxygen atoms in total.